The Bertz CT molecular complexity index is 495. The molecule has 3 rings (SSSR count). The van der Waals surface area contributed by atoms with Crippen LogP contribution in [0.25, 0.3) is 0 Å². The predicted molar refractivity (Wildman–Crippen MR) is 95.3 cm³/mol. The normalized spacial score (nSPS) is 20.3. The highest BCUT2D eigenvalue weighted by Gasteiger charge is 2.19. The summed E-state index contributed by atoms with van der Waals surface area (Å²) >= 11 is 0. The van der Waals surface area contributed by atoms with Crippen LogP contribution in [0.4, 0.5) is 0 Å². The van der Waals surface area contributed by atoms with E-state index in [1.54, 1.807) is 6.20 Å². The Morgan fingerprint density at radius 3 is 2.48 bits per heavy atom. The zero-order chi connectivity index (χ0) is 15.2. The summed E-state index contributed by atoms with van der Waals surface area (Å²) in [5, 5.41) is 6.58. The van der Waals surface area contributed by atoms with Gasteiger partial charge in [-0.05, 0) is 62.4 Å². The standard InChI is InChI=1S/C18H27N3O.ClH/c22-18(21-16-5-3-1-2-4-6-16)17-13-15(9-12-20-17)14-7-10-19-11-8-14;/h9,12-14,16,19H,1-8,10-11H2,(H,21,22);1H. The highest BCUT2D eigenvalue weighted by Crippen LogP contribution is 2.25. The number of piperidine rings is 1. The van der Waals surface area contributed by atoms with E-state index in [4.69, 9.17) is 0 Å². The molecule has 1 saturated carbocycles. The molecule has 1 amide bonds. The van der Waals surface area contributed by atoms with Crippen molar-refractivity contribution in [2.24, 2.45) is 0 Å². The van der Waals surface area contributed by atoms with Crippen molar-refractivity contribution in [1.82, 2.24) is 15.6 Å². The molecule has 1 aromatic heterocycles. The molecule has 2 heterocycles. The van der Waals surface area contributed by atoms with Crippen LogP contribution in [0.2, 0.25) is 0 Å². The second-order valence-electron chi connectivity index (χ2n) is 6.66. The van der Waals surface area contributed by atoms with Crippen molar-refractivity contribution in [1.29, 1.82) is 0 Å². The number of carbonyl (C=O) groups excluding carboxylic acids is 1. The second-order valence-corrected chi connectivity index (χ2v) is 6.66. The molecule has 2 aliphatic rings. The summed E-state index contributed by atoms with van der Waals surface area (Å²) in [5.41, 5.74) is 1.85. The Balaban J connectivity index is 0.00000192. The van der Waals surface area contributed by atoms with Crippen LogP contribution in [-0.4, -0.2) is 30.0 Å². The molecule has 23 heavy (non-hydrogen) atoms. The van der Waals surface area contributed by atoms with Crippen LogP contribution in [0.1, 0.15) is 73.3 Å². The van der Waals surface area contributed by atoms with Gasteiger partial charge in [-0.1, -0.05) is 25.7 Å². The Morgan fingerprint density at radius 1 is 1.09 bits per heavy atom. The number of carbonyl (C=O) groups is 1. The molecule has 0 aromatic carbocycles. The smallest absolute Gasteiger partial charge is 0.270 e. The fourth-order valence-corrected chi connectivity index (χ4v) is 3.66. The Hall–Kier alpha value is -1.13. The van der Waals surface area contributed by atoms with E-state index in [-0.39, 0.29) is 18.3 Å². The largest absolute Gasteiger partial charge is 0.348 e. The molecular weight excluding hydrogens is 310 g/mol. The summed E-state index contributed by atoms with van der Waals surface area (Å²) in [7, 11) is 0. The lowest BCUT2D eigenvalue weighted by molar-refractivity contribution is 0.0928. The number of amides is 1. The first-order valence-electron chi connectivity index (χ1n) is 8.80. The number of pyridine rings is 1. The molecule has 0 radical (unpaired) electrons. The molecule has 1 aliphatic heterocycles. The third kappa shape index (κ3) is 5.18. The predicted octanol–water partition coefficient (Wildman–Crippen LogP) is 3.42. The number of nitrogens with zero attached hydrogens (tertiary/aromatic N) is 1. The summed E-state index contributed by atoms with van der Waals surface area (Å²) in [6.07, 6.45) is 11.4. The maximum absolute atomic E-state index is 12.5. The van der Waals surface area contributed by atoms with Crippen LogP contribution < -0.4 is 10.6 Å². The maximum Gasteiger partial charge on any atom is 0.270 e. The van der Waals surface area contributed by atoms with E-state index >= 15 is 0 Å². The average Bonchev–Trinajstić information content (AvgIpc) is 2.84. The molecule has 2 N–H and O–H groups in total. The molecule has 1 aromatic rings. The van der Waals surface area contributed by atoms with E-state index in [1.165, 1.54) is 31.2 Å². The topological polar surface area (TPSA) is 54.0 Å². The second kappa shape index (κ2) is 9.24. The van der Waals surface area contributed by atoms with Gasteiger partial charge in [0.25, 0.3) is 5.91 Å². The molecule has 1 saturated heterocycles. The van der Waals surface area contributed by atoms with Gasteiger partial charge < -0.3 is 10.6 Å². The lowest BCUT2D eigenvalue weighted by Crippen LogP contribution is -2.35. The SMILES string of the molecule is Cl.O=C(NC1CCCCCC1)c1cc(C2CCNCC2)ccn1. The van der Waals surface area contributed by atoms with Crippen molar-refractivity contribution in [3.05, 3.63) is 29.6 Å². The number of aromatic nitrogens is 1. The molecule has 2 fully saturated rings. The van der Waals surface area contributed by atoms with E-state index < -0.39 is 0 Å². The van der Waals surface area contributed by atoms with Gasteiger partial charge in [0.15, 0.2) is 0 Å². The summed E-state index contributed by atoms with van der Waals surface area (Å²) in [5.74, 6) is 0.566. The van der Waals surface area contributed by atoms with Crippen LogP contribution in [0.5, 0.6) is 0 Å². The highest BCUT2D eigenvalue weighted by atomic mass is 35.5. The lowest BCUT2D eigenvalue weighted by atomic mass is 9.90. The fourth-order valence-electron chi connectivity index (χ4n) is 3.66. The Labute approximate surface area is 145 Å². The van der Waals surface area contributed by atoms with E-state index in [1.807, 2.05) is 6.07 Å². The van der Waals surface area contributed by atoms with Crippen molar-refractivity contribution in [2.45, 2.75) is 63.3 Å². The van der Waals surface area contributed by atoms with Gasteiger partial charge in [-0.3, -0.25) is 9.78 Å². The molecule has 5 heteroatoms. The summed E-state index contributed by atoms with van der Waals surface area (Å²) in [6.45, 7) is 2.13. The van der Waals surface area contributed by atoms with Gasteiger partial charge in [0.05, 0.1) is 0 Å². The number of halogens is 1. The van der Waals surface area contributed by atoms with Crippen LogP contribution in [0.15, 0.2) is 18.3 Å². The monoisotopic (exact) mass is 337 g/mol. The first-order chi connectivity index (χ1) is 10.8. The lowest BCUT2D eigenvalue weighted by Gasteiger charge is -2.23. The fraction of sp³-hybridized carbons (Fsp3) is 0.667. The average molecular weight is 338 g/mol. The minimum atomic E-state index is 0. The van der Waals surface area contributed by atoms with E-state index in [0.29, 0.717) is 17.7 Å². The van der Waals surface area contributed by atoms with Gasteiger partial charge in [0.2, 0.25) is 0 Å². The number of rotatable bonds is 3. The number of nitrogens with one attached hydrogen (secondary N) is 2. The third-order valence-corrected chi connectivity index (χ3v) is 5.02. The summed E-state index contributed by atoms with van der Waals surface area (Å²) < 4.78 is 0. The van der Waals surface area contributed by atoms with Crippen molar-refractivity contribution in [3.8, 4) is 0 Å². The van der Waals surface area contributed by atoms with Crippen molar-refractivity contribution in [2.75, 3.05) is 13.1 Å². The molecule has 0 unspecified atom stereocenters. The maximum atomic E-state index is 12.5. The van der Waals surface area contributed by atoms with Gasteiger partial charge in [-0.2, -0.15) is 0 Å². The van der Waals surface area contributed by atoms with Crippen LogP contribution in [0.3, 0.4) is 0 Å². The zero-order valence-corrected chi connectivity index (χ0v) is 14.5. The summed E-state index contributed by atoms with van der Waals surface area (Å²) in [4.78, 5) is 16.8. The molecule has 0 spiro atoms. The van der Waals surface area contributed by atoms with Gasteiger partial charge >= 0.3 is 0 Å². The Kier molecular flexibility index (Phi) is 7.31. The minimum absolute atomic E-state index is 0. The quantitative estimate of drug-likeness (QED) is 0.831. The van der Waals surface area contributed by atoms with Crippen LogP contribution >= 0.6 is 12.4 Å². The molecule has 128 valence electrons. The Morgan fingerprint density at radius 2 is 1.78 bits per heavy atom. The van der Waals surface area contributed by atoms with E-state index in [0.717, 1.165) is 38.8 Å². The van der Waals surface area contributed by atoms with Crippen molar-refractivity contribution in [3.63, 3.8) is 0 Å². The number of hydrogen-bond donors (Lipinski definition) is 2. The van der Waals surface area contributed by atoms with E-state index in [2.05, 4.69) is 21.7 Å². The van der Waals surface area contributed by atoms with Crippen molar-refractivity contribution >= 4 is 18.3 Å². The van der Waals surface area contributed by atoms with Crippen LogP contribution in [-0.2, 0) is 0 Å². The third-order valence-electron chi connectivity index (χ3n) is 5.02. The molecular formula is C18H28ClN3O. The van der Waals surface area contributed by atoms with Gasteiger partial charge in [-0.25, -0.2) is 0 Å². The molecule has 0 bridgehead atoms. The van der Waals surface area contributed by atoms with Gasteiger partial charge in [0, 0.05) is 12.2 Å². The van der Waals surface area contributed by atoms with Gasteiger partial charge in [0.1, 0.15) is 5.69 Å². The van der Waals surface area contributed by atoms with Gasteiger partial charge in [-0.15, -0.1) is 12.4 Å². The summed E-state index contributed by atoms with van der Waals surface area (Å²) in [6, 6.07) is 4.40. The van der Waals surface area contributed by atoms with E-state index in [9.17, 15) is 4.79 Å². The molecule has 1 aliphatic carbocycles. The molecule has 4 nitrogen and oxygen atoms in total. The molecule has 0 atom stereocenters. The first-order valence-corrected chi connectivity index (χ1v) is 8.80. The first kappa shape index (κ1) is 18.2. The van der Waals surface area contributed by atoms with Crippen LogP contribution in [0, 0.1) is 0 Å². The minimum Gasteiger partial charge on any atom is -0.348 e. The zero-order valence-electron chi connectivity index (χ0n) is 13.7. The highest BCUT2D eigenvalue weighted by molar-refractivity contribution is 5.92. The van der Waals surface area contributed by atoms with Crippen molar-refractivity contribution < 1.29 is 4.79 Å². The number of hydrogen-bond acceptors (Lipinski definition) is 3.